The van der Waals surface area contributed by atoms with Crippen molar-refractivity contribution >= 4 is 5.97 Å². The summed E-state index contributed by atoms with van der Waals surface area (Å²) in [6.07, 6.45) is 7.45. The number of unbranched alkanes of at least 4 members (excludes halogenated alkanes) is 5. The van der Waals surface area contributed by atoms with Gasteiger partial charge in [-0.1, -0.05) is 51.5 Å². The van der Waals surface area contributed by atoms with Crippen LogP contribution in [0.25, 0.3) is 0 Å². The van der Waals surface area contributed by atoms with Gasteiger partial charge in [0.05, 0.1) is 13.0 Å². The highest BCUT2D eigenvalue weighted by Crippen LogP contribution is 2.32. The van der Waals surface area contributed by atoms with Crippen LogP contribution in [0, 0.1) is 0 Å². The fourth-order valence-electron chi connectivity index (χ4n) is 2.47. The van der Waals surface area contributed by atoms with Crippen LogP contribution in [0.15, 0.2) is 18.2 Å². The molecule has 1 unspecified atom stereocenters. The normalized spacial score (nSPS) is 12.1. The van der Waals surface area contributed by atoms with Crippen LogP contribution >= 0.6 is 0 Å². The zero-order chi connectivity index (χ0) is 15.7. The Labute approximate surface area is 126 Å². The Kier molecular flexibility index (Phi) is 7.65. The number of carboxylic acids is 1. The number of aromatic hydroxyl groups is 1. The number of ether oxygens (including phenoxy) is 1. The quantitative estimate of drug-likeness (QED) is 0.631. The molecule has 0 amide bonds. The summed E-state index contributed by atoms with van der Waals surface area (Å²) in [5, 5.41) is 19.0. The van der Waals surface area contributed by atoms with E-state index >= 15 is 0 Å². The van der Waals surface area contributed by atoms with Crippen LogP contribution in [0.3, 0.4) is 0 Å². The number of aliphatic carboxylic acids is 1. The lowest BCUT2D eigenvalue weighted by Gasteiger charge is -2.14. The number of hydrogen-bond donors (Lipinski definition) is 2. The van der Waals surface area contributed by atoms with Gasteiger partial charge in [-0.05, 0) is 24.1 Å². The molecule has 0 spiro atoms. The van der Waals surface area contributed by atoms with E-state index in [0.29, 0.717) is 17.7 Å². The van der Waals surface area contributed by atoms with E-state index in [0.717, 1.165) is 12.8 Å². The topological polar surface area (TPSA) is 66.8 Å². The molecule has 1 aromatic rings. The van der Waals surface area contributed by atoms with Crippen LogP contribution < -0.4 is 4.74 Å². The van der Waals surface area contributed by atoms with E-state index in [-0.39, 0.29) is 5.75 Å². The minimum atomic E-state index is -0.823. The lowest BCUT2D eigenvalue weighted by atomic mass is 9.92. The predicted octanol–water partition coefficient (Wildman–Crippen LogP) is 4.32. The second kappa shape index (κ2) is 9.27. The molecule has 0 aromatic heterocycles. The number of rotatable bonds is 10. The largest absolute Gasteiger partial charge is 0.504 e. The molecule has 1 atom stereocenters. The van der Waals surface area contributed by atoms with Crippen molar-refractivity contribution in [2.24, 2.45) is 0 Å². The lowest BCUT2D eigenvalue weighted by molar-refractivity contribution is -0.139. The van der Waals surface area contributed by atoms with Crippen LogP contribution in [0.2, 0.25) is 0 Å². The zero-order valence-corrected chi connectivity index (χ0v) is 13.0. The average Bonchev–Trinajstić information content (AvgIpc) is 2.47. The maximum Gasteiger partial charge on any atom is 0.310 e. The van der Waals surface area contributed by atoms with Gasteiger partial charge in [-0.2, -0.15) is 0 Å². The van der Waals surface area contributed by atoms with Gasteiger partial charge in [-0.15, -0.1) is 0 Å². The molecule has 118 valence electrons. The van der Waals surface area contributed by atoms with Crippen molar-refractivity contribution in [2.75, 3.05) is 7.11 Å². The average molecular weight is 294 g/mol. The Balaban J connectivity index is 2.59. The summed E-state index contributed by atoms with van der Waals surface area (Å²) in [5.74, 6) is -1.01. The third-order valence-electron chi connectivity index (χ3n) is 3.75. The van der Waals surface area contributed by atoms with Crippen molar-refractivity contribution < 1.29 is 19.7 Å². The van der Waals surface area contributed by atoms with Crippen LogP contribution in [-0.2, 0) is 4.79 Å². The predicted molar refractivity (Wildman–Crippen MR) is 83.0 cm³/mol. The maximum atomic E-state index is 11.4. The van der Waals surface area contributed by atoms with E-state index in [1.54, 1.807) is 12.1 Å². The van der Waals surface area contributed by atoms with Crippen molar-refractivity contribution in [3.8, 4) is 11.5 Å². The van der Waals surface area contributed by atoms with Crippen LogP contribution in [0.4, 0.5) is 0 Å². The molecule has 0 heterocycles. The highest BCUT2D eigenvalue weighted by atomic mass is 16.5. The van der Waals surface area contributed by atoms with Gasteiger partial charge in [-0.25, -0.2) is 0 Å². The van der Waals surface area contributed by atoms with E-state index < -0.39 is 11.9 Å². The molecular formula is C17H26O4. The van der Waals surface area contributed by atoms with Gasteiger partial charge in [0, 0.05) is 0 Å². The Morgan fingerprint density at radius 3 is 2.48 bits per heavy atom. The minimum Gasteiger partial charge on any atom is -0.504 e. The summed E-state index contributed by atoms with van der Waals surface area (Å²) in [7, 11) is 1.46. The van der Waals surface area contributed by atoms with Crippen molar-refractivity contribution in [1.82, 2.24) is 0 Å². The Morgan fingerprint density at radius 2 is 1.86 bits per heavy atom. The Bertz CT molecular complexity index is 442. The first kappa shape index (κ1) is 17.3. The molecule has 0 aliphatic carbocycles. The monoisotopic (exact) mass is 294 g/mol. The van der Waals surface area contributed by atoms with Gasteiger partial charge < -0.3 is 14.9 Å². The van der Waals surface area contributed by atoms with Crippen molar-refractivity contribution in [2.45, 2.75) is 57.8 Å². The molecule has 0 aliphatic rings. The Morgan fingerprint density at radius 1 is 1.19 bits per heavy atom. The molecule has 1 aromatic carbocycles. The van der Waals surface area contributed by atoms with Crippen LogP contribution in [0.1, 0.15) is 63.4 Å². The smallest absolute Gasteiger partial charge is 0.310 e. The molecule has 4 heteroatoms. The molecule has 21 heavy (non-hydrogen) atoms. The summed E-state index contributed by atoms with van der Waals surface area (Å²) >= 11 is 0. The summed E-state index contributed by atoms with van der Waals surface area (Å²) < 4.78 is 5.04. The van der Waals surface area contributed by atoms with Crippen molar-refractivity contribution in [3.05, 3.63) is 23.8 Å². The third kappa shape index (κ3) is 5.66. The molecule has 0 bridgehead atoms. The maximum absolute atomic E-state index is 11.4. The van der Waals surface area contributed by atoms with Gasteiger partial charge in [0.2, 0.25) is 0 Å². The first-order valence-electron chi connectivity index (χ1n) is 7.69. The molecule has 0 fully saturated rings. The molecular weight excluding hydrogens is 268 g/mol. The standard InChI is InChI=1S/C17H26O4/c1-3-4-5-6-7-8-9-14(17(19)20)13-10-11-15(18)16(12-13)21-2/h10-12,14,18H,3-9H2,1-2H3,(H,19,20). The molecule has 2 N–H and O–H groups in total. The van der Waals surface area contributed by atoms with Gasteiger partial charge in [-0.3, -0.25) is 4.79 Å². The molecule has 0 aliphatic heterocycles. The van der Waals surface area contributed by atoms with Crippen LogP contribution in [0.5, 0.6) is 11.5 Å². The van der Waals surface area contributed by atoms with Gasteiger partial charge >= 0.3 is 5.97 Å². The number of hydrogen-bond acceptors (Lipinski definition) is 3. The highest BCUT2D eigenvalue weighted by Gasteiger charge is 2.20. The molecule has 0 radical (unpaired) electrons. The minimum absolute atomic E-state index is 0.0324. The Hall–Kier alpha value is -1.71. The first-order valence-corrected chi connectivity index (χ1v) is 7.69. The number of carbonyl (C=O) groups is 1. The molecule has 0 saturated heterocycles. The SMILES string of the molecule is CCCCCCCCC(C(=O)O)c1ccc(O)c(OC)c1. The van der Waals surface area contributed by atoms with Crippen molar-refractivity contribution in [3.63, 3.8) is 0 Å². The molecule has 0 saturated carbocycles. The van der Waals surface area contributed by atoms with E-state index in [9.17, 15) is 15.0 Å². The summed E-state index contributed by atoms with van der Waals surface area (Å²) in [4.78, 5) is 11.4. The summed E-state index contributed by atoms with van der Waals surface area (Å²) in [6.45, 7) is 2.18. The van der Waals surface area contributed by atoms with Crippen molar-refractivity contribution in [1.29, 1.82) is 0 Å². The van der Waals surface area contributed by atoms with Gasteiger partial charge in [0.25, 0.3) is 0 Å². The zero-order valence-electron chi connectivity index (χ0n) is 13.0. The number of benzene rings is 1. The first-order chi connectivity index (χ1) is 10.1. The van der Waals surface area contributed by atoms with E-state index in [4.69, 9.17) is 4.74 Å². The second-order valence-corrected chi connectivity index (χ2v) is 5.38. The number of phenols is 1. The third-order valence-corrected chi connectivity index (χ3v) is 3.75. The van der Waals surface area contributed by atoms with E-state index in [1.807, 2.05) is 0 Å². The summed E-state index contributed by atoms with van der Waals surface area (Å²) in [6, 6.07) is 4.77. The number of carboxylic acid groups (broad SMARTS) is 1. The molecule has 4 nitrogen and oxygen atoms in total. The number of phenolic OH excluding ortho intramolecular Hbond substituents is 1. The van der Waals surface area contributed by atoms with Gasteiger partial charge in [0.15, 0.2) is 11.5 Å². The van der Waals surface area contributed by atoms with Gasteiger partial charge in [0.1, 0.15) is 0 Å². The fourth-order valence-corrected chi connectivity index (χ4v) is 2.47. The fraction of sp³-hybridized carbons (Fsp3) is 0.588. The lowest BCUT2D eigenvalue weighted by Crippen LogP contribution is -2.11. The second-order valence-electron chi connectivity index (χ2n) is 5.38. The summed E-state index contributed by atoms with van der Waals surface area (Å²) in [5.41, 5.74) is 0.686. The highest BCUT2D eigenvalue weighted by molar-refractivity contribution is 5.76. The molecule has 1 rings (SSSR count). The van der Waals surface area contributed by atoms with Crippen LogP contribution in [-0.4, -0.2) is 23.3 Å². The number of methoxy groups -OCH3 is 1. The van der Waals surface area contributed by atoms with E-state index in [2.05, 4.69) is 6.92 Å². The van der Waals surface area contributed by atoms with E-state index in [1.165, 1.54) is 38.9 Å².